The zero-order valence-corrected chi connectivity index (χ0v) is 15.3. The summed E-state index contributed by atoms with van der Waals surface area (Å²) in [4.78, 5) is 29.4. The predicted octanol–water partition coefficient (Wildman–Crippen LogP) is 0.477. The van der Waals surface area contributed by atoms with Crippen molar-refractivity contribution in [2.24, 2.45) is 0 Å². The fourth-order valence-corrected chi connectivity index (χ4v) is 3.42. The lowest BCUT2D eigenvalue weighted by Crippen LogP contribution is -2.51. The first-order valence-electron chi connectivity index (χ1n) is 7.63. The molecule has 0 bridgehead atoms. The minimum absolute atomic E-state index is 0.0223. The van der Waals surface area contributed by atoms with Gasteiger partial charge in [-0.05, 0) is 26.0 Å². The molecule has 2 unspecified atom stereocenters. The van der Waals surface area contributed by atoms with Gasteiger partial charge in [-0.25, -0.2) is 23.7 Å². The Hall–Kier alpha value is -2.64. The first-order chi connectivity index (χ1) is 12.1. The molecule has 26 heavy (non-hydrogen) atoms. The highest BCUT2D eigenvalue weighted by Gasteiger charge is 2.48. The summed E-state index contributed by atoms with van der Waals surface area (Å²) >= 11 is 0. The Morgan fingerprint density at radius 1 is 1.54 bits per heavy atom. The van der Waals surface area contributed by atoms with Crippen molar-refractivity contribution in [2.75, 3.05) is 17.7 Å². The summed E-state index contributed by atoms with van der Waals surface area (Å²) in [6.07, 6.45) is 0.520. The van der Waals surface area contributed by atoms with Crippen LogP contribution in [-0.2, 0) is 19.4 Å². The molecule has 1 aliphatic heterocycles. The second kappa shape index (κ2) is 7.31. The summed E-state index contributed by atoms with van der Waals surface area (Å²) in [7, 11) is -3.89. The van der Waals surface area contributed by atoms with E-state index >= 15 is 0 Å². The third-order valence-electron chi connectivity index (χ3n) is 4.19. The number of aromatic nitrogens is 1. The summed E-state index contributed by atoms with van der Waals surface area (Å²) in [5.41, 5.74) is 2.05. The van der Waals surface area contributed by atoms with Gasteiger partial charge in [0.2, 0.25) is 0 Å². The Morgan fingerprint density at radius 2 is 2.23 bits per heavy atom. The first-order valence-corrected chi connectivity index (χ1v) is 9.52. The number of sulfone groups is 1. The summed E-state index contributed by atoms with van der Waals surface area (Å²) in [5.74, 6) is 4.80. The molecule has 2 rings (SSSR count). The Morgan fingerprint density at radius 3 is 2.73 bits per heavy atom. The number of amides is 2. The van der Waals surface area contributed by atoms with E-state index < -0.39 is 32.7 Å². The second-order valence-corrected chi connectivity index (χ2v) is 8.49. The fourth-order valence-electron chi connectivity index (χ4n) is 2.54. The Kier molecular flexibility index (Phi) is 5.53. The first kappa shape index (κ1) is 19.7. The highest BCUT2D eigenvalue weighted by Crippen LogP contribution is 2.29. The van der Waals surface area contributed by atoms with E-state index in [-0.39, 0.29) is 13.0 Å². The maximum atomic E-state index is 12.1. The molecule has 0 aliphatic carbocycles. The lowest BCUT2D eigenvalue weighted by atomic mass is 10.0. The van der Waals surface area contributed by atoms with Gasteiger partial charge in [-0.2, -0.15) is 0 Å². The van der Waals surface area contributed by atoms with Gasteiger partial charge in [-0.3, -0.25) is 14.9 Å². The van der Waals surface area contributed by atoms with Crippen LogP contribution in [0.15, 0.2) is 18.3 Å². The summed E-state index contributed by atoms with van der Waals surface area (Å²) in [5, 5.41) is 8.86. The van der Waals surface area contributed by atoms with Gasteiger partial charge in [-0.15, -0.1) is 5.92 Å². The van der Waals surface area contributed by atoms with Gasteiger partial charge in [0.05, 0.1) is 6.54 Å². The van der Waals surface area contributed by atoms with Crippen molar-refractivity contribution >= 4 is 27.7 Å². The van der Waals surface area contributed by atoms with Crippen LogP contribution in [0, 0.1) is 11.8 Å². The van der Waals surface area contributed by atoms with Crippen LogP contribution in [0.2, 0.25) is 0 Å². The number of hydrogen-bond donors (Lipinski definition) is 2. The van der Waals surface area contributed by atoms with Crippen molar-refractivity contribution in [3.63, 3.8) is 0 Å². The van der Waals surface area contributed by atoms with Crippen LogP contribution >= 0.6 is 0 Å². The monoisotopic (exact) mass is 381 g/mol. The van der Waals surface area contributed by atoms with Gasteiger partial charge in [0.25, 0.3) is 5.91 Å². The van der Waals surface area contributed by atoms with Crippen molar-refractivity contribution in [3.8, 4) is 11.8 Å². The highest BCUT2D eigenvalue weighted by molar-refractivity contribution is 7.92. The van der Waals surface area contributed by atoms with E-state index in [1.165, 1.54) is 23.5 Å². The predicted molar refractivity (Wildman–Crippen MR) is 92.2 cm³/mol. The minimum atomic E-state index is -3.89. The molecular formula is C16H19N3O6S. The van der Waals surface area contributed by atoms with Crippen molar-refractivity contribution in [1.29, 1.82) is 0 Å². The topological polar surface area (TPSA) is 126 Å². The van der Waals surface area contributed by atoms with Crippen LogP contribution in [0.5, 0.6) is 0 Å². The van der Waals surface area contributed by atoms with Gasteiger partial charge in [0.1, 0.15) is 11.9 Å². The van der Waals surface area contributed by atoms with E-state index in [1.807, 2.05) is 0 Å². The fraction of sp³-hybridized carbons (Fsp3) is 0.438. The molecule has 140 valence electrons. The van der Waals surface area contributed by atoms with Crippen LogP contribution in [0.3, 0.4) is 0 Å². The SMILES string of the molecule is CC#Cc1ccc(N2CC(CC(C)(C(=O)NO)S(C)(=O)=O)OC2=O)nc1. The zero-order chi connectivity index (χ0) is 19.5. The largest absolute Gasteiger partial charge is 0.444 e. The number of nitrogens with one attached hydrogen (secondary N) is 1. The van der Waals surface area contributed by atoms with E-state index in [1.54, 1.807) is 19.1 Å². The molecule has 1 aliphatic rings. The molecule has 1 aromatic heterocycles. The molecule has 0 spiro atoms. The Bertz CT molecular complexity index is 871. The number of hydrogen-bond acceptors (Lipinski definition) is 7. The maximum absolute atomic E-state index is 12.1. The van der Waals surface area contributed by atoms with Gasteiger partial charge >= 0.3 is 6.09 Å². The summed E-state index contributed by atoms with van der Waals surface area (Å²) in [6, 6.07) is 3.29. The van der Waals surface area contributed by atoms with E-state index in [2.05, 4.69) is 16.8 Å². The lowest BCUT2D eigenvalue weighted by molar-refractivity contribution is -0.132. The molecular weight excluding hydrogens is 362 g/mol. The number of ether oxygens (including phenoxy) is 1. The third kappa shape index (κ3) is 3.79. The molecule has 1 aromatic rings. The number of cyclic esters (lactones) is 1. The minimum Gasteiger partial charge on any atom is -0.444 e. The molecule has 0 aromatic carbocycles. The van der Waals surface area contributed by atoms with Crippen molar-refractivity contribution in [2.45, 2.75) is 31.1 Å². The second-order valence-electron chi connectivity index (χ2n) is 6.04. The normalized spacial score (nSPS) is 19.2. The Labute approximate surface area is 151 Å². The van der Waals surface area contributed by atoms with Gasteiger partial charge < -0.3 is 4.74 Å². The molecule has 10 heteroatoms. The number of rotatable bonds is 5. The van der Waals surface area contributed by atoms with Crippen molar-refractivity contribution in [3.05, 3.63) is 23.9 Å². The quantitative estimate of drug-likeness (QED) is 0.431. The van der Waals surface area contributed by atoms with Crippen LogP contribution < -0.4 is 10.4 Å². The average Bonchev–Trinajstić information content (AvgIpc) is 2.94. The van der Waals surface area contributed by atoms with E-state index in [9.17, 15) is 18.0 Å². The smallest absolute Gasteiger partial charge is 0.415 e. The van der Waals surface area contributed by atoms with Gasteiger partial charge in [-0.1, -0.05) is 5.92 Å². The van der Waals surface area contributed by atoms with Gasteiger partial charge in [0.15, 0.2) is 14.6 Å². The third-order valence-corrected chi connectivity index (χ3v) is 6.17. The van der Waals surface area contributed by atoms with Crippen molar-refractivity contribution in [1.82, 2.24) is 10.5 Å². The Balaban J connectivity index is 2.20. The number of pyridine rings is 1. The van der Waals surface area contributed by atoms with Gasteiger partial charge in [0, 0.05) is 24.4 Å². The van der Waals surface area contributed by atoms with Crippen LogP contribution in [0.25, 0.3) is 0 Å². The molecule has 0 radical (unpaired) electrons. The number of hydroxylamine groups is 1. The lowest BCUT2D eigenvalue weighted by Gasteiger charge is -2.26. The molecule has 2 amide bonds. The van der Waals surface area contributed by atoms with Crippen LogP contribution in [0.1, 0.15) is 25.8 Å². The number of nitrogens with zero attached hydrogens (tertiary/aromatic N) is 2. The summed E-state index contributed by atoms with van der Waals surface area (Å²) in [6.45, 7) is 2.88. The van der Waals surface area contributed by atoms with Crippen LogP contribution in [-0.4, -0.2) is 54.3 Å². The highest BCUT2D eigenvalue weighted by atomic mass is 32.2. The maximum Gasteiger partial charge on any atom is 0.415 e. The van der Waals surface area contributed by atoms with Crippen LogP contribution in [0.4, 0.5) is 10.6 Å². The number of anilines is 1. The van der Waals surface area contributed by atoms with E-state index in [4.69, 9.17) is 9.94 Å². The molecule has 2 atom stereocenters. The number of carbonyl (C=O) groups is 2. The molecule has 1 saturated heterocycles. The molecule has 2 N–H and O–H groups in total. The standard InChI is InChI=1S/C16H19N3O6S/c1-4-5-11-6-7-13(17-9-11)19-10-12(25-15(19)21)8-16(2,14(20)18-22)26(3,23)24/h6-7,9,12,22H,8,10H2,1-3H3,(H,18,20). The molecule has 9 nitrogen and oxygen atoms in total. The molecule has 0 saturated carbocycles. The van der Waals surface area contributed by atoms with Crippen molar-refractivity contribution < 1.29 is 28.0 Å². The average molecular weight is 381 g/mol. The van der Waals surface area contributed by atoms with E-state index in [0.717, 1.165) is 6.26 Å². The molecule has 1 fully saturated rings. The van der Waals surface area contributed by atoms with E-state index in [0.29, 0.717) is 11.4 Å². The molecule has 2 heterocycles. The zero-order valence-electron chi connectivity index (χ0n) is 14.5. The number of carbonyl (C=O) groups excluding carboxylic acids is 2. The summed E-state index contributed by atoms with van der Waals surface area (Å²) < 4.78 is 27.3.